The minimum atomic E-state index is -0.441. The number of nitrogens with zero attached hydrogens (tertiary/aromatic N) is 5. The summed E-state index contributed by atoms with van der Waals surface area (Å²) in [6.07, 6.45) is 1.60. The number of carbonyl (C=O) groups excluding carboxylic acids is 1. The van der Waals surface area contributed by atoms with Crippen molar-refractivity contribution in [3.8, 4) is 5.69 Å². The minimum Gasteiger partial charge on any atom is -0.295 e. The van der Waals surface area contributed by atoms with Crippen LogP contribution in [0.15, 0.2) is 40.3 Å². The predicted octanol–water partition coefficient (Wildman–Crippen LogP) is 2.13. The van der Waals surface area contributed by atoms with Crippen molar-refractivity contribution in [3.05, 3.63) is 46.1 Å². The zero-order chi connectivity index (χ0) is 13.9. The molecule has 2 heterocycles. The fourth-order valence-corrected chi connectivity index (χ4v) is 2.22. The Morgan fingerprint density at radius 2 is 2.10 bits per heavy atom. The van der Waals surface area contributed by atoms with Crippen molar-refractivity contribution in [2.45, 2.75) is 0 Å². The number of hydrogen-bond donors (Lipinski definition) is 1. The Balaban J connectivity index is 1.79. The van der Waals surface area contributed by atoms with E-state index >= 15 is 0 Å². The van der Waals surface area contributed by atoms with Crippen molar-refractivity contribution in [1.29, 1.82) is 0 Å². The van der Waals surface area contributed by atoms with Crippen molar-refractivity contribution in [3.63, 3.8) is 0 Å². The van der Waals surface area contributed by atoms with Crippen molar-refractivity contribution in [2.24, 2.45) is 0 Å². The lowest BCUT2D eigenvalue weighted by molar-refractivity contribution is 0.101. The summed E-state index contributed by atoms with van der Waals surface area (Å²) in [5, 5.41) is 16.5. The third-order valence-electron chi connectivity index (χ3n) is 2.33. The molecule has 20 heavy (non-hydrogen) atoms. The van der Waals surface area contributed by atoms with Gasteiger partial charge in [-0.15, -0.1) is 26.3 Å². The van der Waals surface area contributed by atoms with Gasteiger partial charge in [-0.3, -0.25) is 10.1 Å². The van der Waals surface area contributed by atoms with Gasteiger partial charge in [0.25, 0.3) is 11.7 Å². The molecule has 3 rings (SSSR count). The molecule has 1 N–H and O–H groups in total. The fourth-order valence-electron chi connectivity index (χ4n) is 1.43. The van der Waals surface area contributed by atoms with Crippen LogP contribution in [-0.4, -0.2) is 31.1 Å². The van der Waals surface area contributed by atoms with Gasteiger partial charge in [-0.25, -0.2) is 4.98 Å². The SMILES string of the molecule is O=C(Nc1nccs1)c1nnn(-c2ccc(Br)cc2)n1. The van der Waals surface area contributed by atoms with Crippen molar-refractivity contribution >= 4 is 38.3 Å². The van der Waals surface area contributed by atoms with Gasteiger partial charge in [-0.1, -0.05) is 15.9 Å². The largest absolute Gasteiger partial charge is 0.299 e. The summed E-state index contributed by atoms with van der Waals surface area (Å²) in [5.41, 5.74) is 0.717. The van der Waals surface area contributed by atoms with Crippen LogP contribution in [0.2, 0.25) is 0 Å². The zero-order valence-corrected chi connectivity index (χ0v) is 12.3. The Kier molecular flexibility index (Phi) is 3.52. The molecule has 0 aliphatic carbocycles. The maximum absolute atomic E-state index is 11.9. The quantitative estimate of drug-likeness (QED) is 0.781. The predicted molar refractivity (Wildman–Crippen MR) is 76.9 cm³/mol. The van der Waals surface area contributed by atoms with E-state index in [0.29, 0.717) is 10.8 Å². The Bertz CT molecular complexity index is 724. The summed E-state index contributed by atoms with van der Waals surface area (Å²) < 4.78 is 0.947. The van der Waals surface area contributed by atoms with Crippen LogP contribution in [0.3, 0.4) is 0 Å². The average Bonchev–Trinajstić information content (AvgIpc) is 3.10. The first-order valence-electron chi connectivity index (χ1n) is 5.49. The molecule has 1 amide bonds. The number of anilines is 1. The molecule has 0 unspecified atom stereocenters. The summed E-state index contributed by atoms with van der Waals surface area (Å²) in [6.45, 7) is 0. The van der Waals surface area contributed by atoms with E-state index in [1.807, 2.05) is 24.3 Å². The zero-order valence-electron chi connectivity index (χ0n) is 9.89. The number of aromatic nitrogens is 5. The van der Waals surface area contributed by atoms with Crippen molar-refractivity contribution in [1.82, 2.24) is 25.2 Å². The molecular weight excluding hydrogens is 344 g/mol. The summed E-state index contributed by atoms with van der Waals surface area (Å²) in [5.74, 6) is -0.452. The van der Waals surface area contributed by atoms with Gasteiger partial charge in [0, 0.05) is 16.0 Å². The van der Waals surface area contributed by atoms with Gasteiger partial charge < -0.3 is 0 Å². The number of rotatable bonds is 3. The molecule has 3 aromatic rings. The molecule has 0 saturated carbocycles. The van der Waals surface area contributed by atoms with Crippen LogP contribution in [0.25, 0.3) is 5.69 Å². The highest BCUT2D eigenvalue weighted by molar-refractivity contribution is 9.10. The monoisotopic (exact) mass is 350 g/mol. The van der Waals surface area contributed by atoms with E-state index in [9.17, 15) is 4.79 Å². The van der Waals surface area contributed by atoms with Crippen LogP contribution in [0, 0.1) is 0 Å². The van der Waals surface area contributed by atoms with Crippen molar-refractivity contribution in [2.75, 3.05) is 5.32 Å². The van der Waals surface area contributed by atoms with E-state index in [1.165, 1.54) is 16.1 Å². The third kappa shape index (κ3) is 2.73. The van der Waals surface area contributed by atoms with E-state index in [2.05, 4.69) is 41.6 Å². The van der Waals surface area contributed by atoms with E-state index in [4.69, 9.17) is 0 Å². The summed E-state index contributed by atoms with van der Waals surface area (Å²) in [7, 11) is 0. The maximum Gasteiger partial charge on any atom is 0.299 e. The normalized spacial score (nSPS) is 10.4. The first-order chi connectivity index (χ1) is 9.72. The molecule has 0 atom stereocenters. The van der Waals surface area contributed by atoms with Crippen LogP contribution in [0.1, 0.15) is 10.6 Å². The number of hydrogen-bond acceptors (Lipinski definition) is 6. The fraction of sp³-hybridized carbons (Fsp3) is 0. The van der Waals surface area contributed by atoms with Crippen molar-refractivity contribution < 1.29 is 4.79 Å². The van der Waals surface area contributed by atoms with Gasteiger partial charge in [0.2, 0.25) is 0 Å². The number of carbonyl (C=O) groups is 1. The lowest BCUT2D eigenvalue weighted by atomic mass is 10.3. The minimum absolute atomic E-state index is 0.0110. The average molecular weight is 351 g/mol. The Hall–Kier alpha value is -2.13. The Labute approximate surface area is 125 Å². The lowest BCUT2D eigenvalue weighted by Crippen LogP contribution is -2.14. The summed E-state index contributed by atoms with van der Waals surface area (Å²) in [4.78, 5) is 17.1. The number of thiazole rings is 1. The van der Waals surface area contributed by atoms with Gasteiger partial charge in [-0.05, 0) is 29.5 Å². The number of benzene rings is 1. The third-order valence-corrected chi connectivity index (χ3v) is 3.54. The molecule has 2 aromatic heterocycles. The number of nitrogens with one attached hydrogen (secondary N) is 1. The van der Waals surface area contributed by atoms with Gasteiger partial charge >= 0.3 is 0 Å². The molecule has 0 fully saturated rings. The summed E-state index contributed by atoms with van der Waals surface area (Å²) in [6, 6.07) is 7.34. The standard InChI is InChI=1S/C11H7BrN6OS/c12-7-1-3-8(4-2-7)18-16-9(15-17-18)10(19)14-11-13-5-6-20-11/h1-6H,(H,13,14,19). The van der Waals surface area contributed by atoms with Crippen LogP contribution in [-0.2, 0) is 0 Å². The molecule has 0 aliphatic rings. The topological polar surface area (TPSA) is 85.6 Å². The molecule has 7 nitrogen and oxygen atoms in total. The Morgan fingerprint density at radius 1 is 1.30 bits per heavy atom. The van der Waals surface area contributed by atoms with E-state index in [-0.39, 0.29) is 5.82 Å². The summed E-state index contributed by atoms with van der Waals surface area (Å²) >= 11 is 4.66. The molecule has 100 valence electrons. The molecule has 0 saturated heterocycles. The molecule has 0 bridgehead atoms. The maximum atomic E-state index is 11.9. The second-order valence-corrected chi connectivity index (χ2v) is 5.48. The van der Waals surface area contributed by atoms with Crippen LogP contribution < -0.4 is 5.32 Å². The van der Waals surface area contributed by atoms with Gasteiger partial charge in [-0.2, -0.15) is 0 Å². The number of halogens is 1. The second kappa shape index (κ2) is 5.47. The van der Waals surface area contributed by atoms with Crippen LogP contribution >= 0.6 is 27.3 Å². The van der Waals surface area contributed by atoms with E-state index < -0.39 is 5.91 Å². The highest BCUT2D eigenvalue weighted by Gasteiger charge is 2.14. The first kappa shape index (κ1) is 12.9. The van der Waals surface area contributed by atoms with Crippen LogP contribution in [0.5, 0.6) is 0 Å². The van der Waals surface area contributed by atoms with Gasteiger partial charge in [0.15, 0.2) is 5.13 Å². The molecule has 1 aromatic carbocycles. The molecule has 0 aliphatic heterocycles. The molecule has 0 radical (unpaired) electrons. The number of amides is 1. The van der Waals surface area contributed by atoms with E-state index in [0.717, 1.165) is 4.47 Å². The Morgan fingerprint density at radius 3 is 2.80 bits per heavy atom. The smallest absolute Gasteiger partial charge is 0.295 e. The number of tetrazole rings is 1. The highest BCUT2D eigenvalue weighted by atomic mass is 79.9. The molecule has 0 spiro atoms. The van der Waals surface area contributed by atoms with E-state index in [1.54, 1.807) is 11.6 Å². The van der Waals surface area contributed by atoms with Crippen LogP contribution in [0.4, 0.5) is 5.13 Å². The highest BCUT2D eigenvalue weighted by Crippen LogP contribution is 2.13. The van der Waals surface area contributed by atoms with Gasteiger partial charge in [0.1, 0.15) is 0 Å². The van der Waals surface area contributed by atoms with Gasteiger partial charge in [0.05, 0.1) is 5.69 Å². The lowest BCUT2D eigenvalue weighted by Gasteiger charge is -1.97. The molecule has 9 heteroatoms. The first-order valence-corrected chi connectivity index (χ1v) is 7.16. The second-order valence-electron chi connectivity index (χ2n) is 3.67. The molecular formula is C11H7BrN6OS.